The fourth-order valence-corrected chi connectivity index (χ4v) is 8.17. The zero-order chi connectivity index (χ0) is 33.8. The molecule has 0 saturated carbocycles. The molecule has 3 nitrogen and oxygen atoms in total. The fourth-order valence-electron chi connectivity index (χ4n) is 7.01. The number of benzene rings is 6. The van der Waals surface area contributed by atoms with Crippen molar-refractivity contribution in [3.63, 3.8) is 0 Å². The van der Waals surface area contributed by atoms with Crippen LogP contribution in [-0.2, 0) is 5.41 Å². The molecular weight excluding hydrogens is 611 g/mol. The molecule has 0 unspecified atom stereocenters. The van der Waals surface area contributed by atoms with Crippen LogP contribution in [0.4, 0.5) is 0 Å². The van der Waals surface area contributed by atoms with E-state index in [1.165, 1.54) is 38.6 Å². The van der Waals surface area contributed by atoms with Crippen molar-refractivity contribution >= 4 is 13.3 Å². The van der Waals surface area contributed by atoms with E-state index in [2.05, 4.69) is 143 Å². The first kappa shape index (κ1) is 30.9. The van der Waals surface area contributed by atoms with E-state index in [-0.39, 0.29) is 5.41 Å². The Morgan fingerprint density at radius 2 is 0.816 bits per heavy atom. The first-order valence-corrected chi connectivity index (χ1v) is 20.5. The van der Waals surface area contributed by atoms with Gasteiger partial charge in [-0.2, -0.15) is 0 Å². The molecule has 0 bridgehead atoms. The Morgan fingerprint density at radius 3 is 1.45 bits per heavy atom. The summed E-state index contributed by atoms with van der Waals surface area (Å²) in [6.45, 7) is 12.0. The minimum Gasteiger partial charge on any atom is -0.208 e. The number of rotatable bonds is 6. The van der Waals surface area contributed by atoms with Crippen LogP contribution in [0.1, 0.15) is 25.0 Å². The lowest BCUT2D eigenvalue weighted by Crippen LogP contribution is -2.38. The number of aromatic nitrogens is 3. The van der Waals surface area contributed by atoms with E-state index in [1.807, 2.05) is 36.4 Å². The molecule has 0 radical (unpaired) electrons. The highest BCUT2D eigenvalue weighted by molar-refractivity contribution is 6.88. The van der Waals surface area contributed by atoms with Gasteiger partial charge in [0.05, 0.1) is 8.07 Å². The second-order valence-corrected chi connectivity index (χ2v) is 19.7. The van der Waals surface area contributed by atoms with Crippen molar-refractivity contribution in [1.82, 2.24) is 15.0 Å². The molecule has 1 aliphatic carbocycles. The van der Waals surface area contributed by atoms with E-state index >= 15 is 0 Å². The normalized spacial score (nSPS) is 13.2. The molecule has 6 aromatic carbocycles. The molecule has 1 aromatic heterocycles. The van der Waals surface area contributed by atoms with Gasteiger partial charge in [-0.25, -0.2) is 15.0 Å². The SMILES string of the molecule is CC1(C)c2cc(-c3ccc(-c4nc(-c5ccccc5)nc(-c5cccc(-c6ccccc6)c5)n4)cc3)ccc2-c2ccc([Si](C)(C)C)cc21. The van der Waals surface area contributed by atoms with Gasteiger partial charge in [0, 0.05) is 22.1 Å². The number of fused-ring (bicyclic) bond motifs is 3. The van der Waals surface area contributed by atoms with Gasteiger partial charge in [0.15, 0.2) is 17.5 Å². The van der Waals surface area contributed by atoms with Crippen molar-refractivity contribution in [2.24, 2.45) is 0 Å². The minimum absolute atomic E-state index is 0.0524. The van der Waals surface area contributed by atoms with Crippen LogP contribution in [0.3, 0.4) is 0 Å². The van der Waals surface area contributed by atoms with Gasteiger partial charge in [-0.3, -0.25) is 0 Å². The molecule has 0 N–H and O–H groups in total. The molecule has 7 aromatic rings. The molecule has 8 rings (SSSR count). The summed E-state index contributed by atoms with van der Waals surface area (Å²) in [7, 11) is -1.42. The third kappa shape index (κ3) is 5.72. The van der Waals surface area contributed by atoms with Gasteiger partial charge in [0.2, 0.25) is 0 Å². The van der Waals surface area contributed by atoms with Crippen LogP contribution in [0.2, 0.25) is 19.6 Å². The molecule has 1 heterocycles. The molecule has 0 spiro atoms. The lowest BCUT2D eigenvalue weighted by molar-refractivity contribution is 0.661. The molecule has 4 heteroatoms. The van der Waals surface area contributed by atoms with Crippen LogP contribution in [0, 0.1) is 0 Å². The van der Waals surface area contributed by atoms with Crippen molar-refractivity contribution in [1.29, 1.82) is 0 Å². The smallest absolute Gasteiger partial charge is 0.164 e. The quantitative estimate of drug-likeness (QED) is 0.168. The van der Waals surface area contributed by atoms with Gasteiger partial charge >= 0.3 is 0 Å². The second kappa shape index (κ2) is 11.9. The van der Waals surface area contributed by atoms with E-state index in [4.69, 9.17) is 15.0 Å². The predicted octanol–water partition coefficient (Wildman–Crippen LogP) is 11.1. The van der Waals surface area contributed by atoms with Crippen LogP contribution in [-0.4, -0.2) is 23.0 Å². The summed E-state index contributed by atoms with van der Waals surface area (Å²) < 4.78 is 0. The summed E-state index contributed by atoms with van der Waals surface area (Å²) in [6.07, 6.45) is 0. The van der Waals surface area contributed by atoms with Crippen molar-refractivity contribution in [2.45, 2.75) is 38.9 Å². The van der Waals surface area contributed by atoms with Gasteiger partial charge < -0.3 is 0 Å². The Bertz CT molecular complexity index is 2320. The van der Waals surface area contributed by atoms with Crippen LogP contribution < -0.4 is 5.19 Å². The van der Waals surface area contributed by atoms with Gasteiger partial charge in [-0.15, -0.1) is 0 Å². The van der Waals surface area contributed by atoms with Gasteiger partial charge in [-0.1, -0.05) is 172 Å². The lowest BCUT2D eigenvalue weighted by atomic mass is 9.81. The topological polar surface area (TPSA) is 38.7 Å². The number of hydrogen-bond donors (Lipinski definition) is 0. The third-order valence-corrected chi connectivity index (χ3v) is 12.0. The van der Waals surface area contributed by atoms with Crippen LogP contribution in [0.15, 0.2) is 146 Å². The first-order chi connectivity index (χ1) is 23.6. The van der Waals surface area contributed by atoms with E-state index in [0.717, 1.165) is 27.8 Å². The standard InChI is InChI=1S/C45H39N3Si/c1-45(2)40-28-35(23-25-38(40)39-26-24-37(29-41(39)45)49(3,4)5)31-19-21-33(22-20-31)43-46-42(32-15-10-7-11-16-32)47-44(48-43)36-18-12-17-34(27-36)30-13-8-6-9-14-30/h6-29H,1-5H3. The van der Waals surface area contributed by atoms with E-state index < -0.39 is 8.07 Å². The Balaban J connectivity index is 1.16. The molecule has 238 valence electrons. The molecule has 0 fully saturated rings. The maximum absolute atomic E-state index is 5.03. The van der Waals surface area contributed by atoms with Crippen molar-refractivity contribution < 1.29 is 0 Å². The summed E-state index contributed by atoms with van der Waals surface area (Å²) in [5, 5.41) is 1.52. The molecule has 0 saturated heterocycles. The highest BCUT2D eigenvalue weighted by Gasteiger charge is 2.36. The predicted molar refractivity (Wildman–Crippen MR) is 208 cm³/mol. The average Bonchev–Trinajstić information content (AvgIpc) is 3.37. The maximum atomic E-state index is 5.03. The van der Waals surface area contributed by atoms with Crippen LogP contribution in [0.25, 0.3) is 67.5 Å². The molecular formula is C45H39N3Si. The Morgan fingerprint density at radius 1 is 0.388 bits per heavy atom. The summed E-state index contributed by atoms with van der Waals surface area (Å²) >= 11 is 0. The Hall–Kier alpha value is -5.45. The van der Waals surface area contributed by atoms with Gasteiger partial charge in [-0.05, 0) is 56.6 Å². The minimum atomic E-state index is -1.42. The third-order valence-electron chi connectivity index (χ3n) is 9.91. The average molecular weight is 650 g/mol. The Labute approximate surface area is 290 Å². The summed E-state index contributed by atoms with van der Waals surface area (Å²) in [5.74, 6) is 1.97. The van der Waals surface area contributed by atoms with E-state index in [0.29, 0.717) is 17.5 Å². The summed E-state index contributed by atoms with van der Waals surface area (Å²) in [5.41, 5.74) is 13.1. The fraction of sp³-hybridized carbons (Fsp3) is 0.133. The molecule has 0 atom stereocenters. The number of hydrogen-bond acceptors (Lipinski definition) is 3. The summed E-state index contributed by atoms with van der Waals surface area (Å²) in [4.78, 5) is 15.0. The molecule has 49 heavy (non-hydrogen) atoms. The maximum Gasteiger partial charge on any atom is 0.164 e. The highest BCUT2D eigenvalue weighted by atomic mass is 28.3. The largest absolute Gasteiger partial charge is 0.208 e. The van der Waals surface area contributed by atoms with Crippen LogP contribution >= 0.6 is 0 Å². The van der Waals surface area contributed by atoms with Crippen molar-refractivity contribution in [3.05, 3.63) is 157 Å². The van der Waals surface area contributed by atoms with Gasteiger partial charge in [0.1, 0.15) is 0 Å². The second-order valence-electron chi connectivity index (χ2n) is 14.6. The highest BCUT2D eigenvalue weighted by Crippen LogP contribution is 2.49. The number of nitrogens with zero attached hydrogens (tertiary/aromatic N) is 3. The molecule has 0 aliphatic heterocycles. The lowest BCUT2D eigenvalue weighted by Gasteiger charge is -2.24. The van der Waals surface area contributed by atoms with E-state index in [1.54, 1.807) is 0 Å². The molecule has 1 aliphatic rings. The van der Waals surface area contributed by atoms with Crippen molar-refractivity contribution in [2.75, 3.05) is 0 Å². The monoisotopic (exact) mass is 649 g/mol. The zero-order valence-corrected chi connectivity index (χ0v) is 29.7. The summed E-state index contributed by atoms with van der Waals surface area (Å²) in [6, 6.07) is 51.8. The van der Waals surface area contributed by atoms with E-state index in [9.17, 15) is 0 Å². The van der Waals surface area contributed by atoms with Gasteiger partial charge in [0.25, 0.3) is 0 Å². The van der Waals surface area contributed by atoms with Crippen LogP contribution in [0.5, 0.6) is 0 Å². The van der Waals surface area contributed by atoms with Crippen molar-refractivity contribution in [3.8, 4) is 67.5 Å². The Kier molecular flexibility index (Phi) is 7.50. The molecule has 0 amide bonds. The zero-order valence-electron chi connectivity index (χ0n) is 28.7. The first-order valence-electron chi connectivity index (χ1n) is 17.0.